The van der Waals surface area contributed by atoms with Gasteiger partial charge in [-0.1, -0.05) is 0 Å². The minimum atomic E-state index is -0.0793. The Balaban J connectivity index is 2.03. The molecule has 70 valence electrons. The minimum absolute atomic E-state index is 0.0793. The average Bonchev–Trinajstić information content (AvgIpc) is 2.53. The van der Waals surface area contributed by atoms with Gasteiger partial charge in [-0.2, -0.15) is 0 Å². The predicted octanol–water partition coefficient (Wildman–Crippen LogP) is 1.37. The van der Waals surface area contributed by atoms with Crippen LogP contribution in [-0.2, 0) is 14.3 Å². The number of ether oxygens (including phenoxy) is 2. The molecule has 0 aromatic carbocycles. The van der Waals surface area contributed by atoms with Crippen molar-refractivity contribution in [3.05, 3.63) is 0 Å². The van der Waals surface area contributed by atoms with Crippen molar-refractivity contribution in [2.24, 2.45) is 5.92 Å². The third-order valence-electron chi connectivity index (χ3n) is 2.09. The lowest BCUT2D eigenvalue weighted by Gasteiger charge is -2.05. The molecular formula is C9H16O3. The summed E-state index contributed by atoms with van der Waals surface area (Å²) in [6.07, 6.45) is 2.56. The SMILES string of the molecule is CCOC(=O)CCC1CCOC1. The van der Waals surface area contributed by atoms with Crippen molar-refractivity contribution in [3.8, 4) is 0 Å². The zero-order chi connectivity index (χ0) is 8.81. The van der Waals surface area contributed by atoms with Gasteiger partial charge in [0.15, 0.2) is 0 Å². The zero-order valence-electron chi connectivity index (χ0n) is 7.54. The van der Waals surface area contributed by atoms with Crippen LogP contribution >= 0.6 is 0 Å². The predicted molar refractivity (Wildman–Crippen MR) is 44.8 cm³/mol. The molecule has 1 atom stereocenters. The quantitative estimate of drug-likeness (QED) is 0.601. The lowest BCUT2D eigenvalue weighted by atomic mass is 10.0. The van der Waals surface area contributed by atoms with Crippen LogP contribution in [0.3, 0.4) is 0 Å². The van der Waals surface area contributed by atoms with E-state index < -0.39 is 0 Å². The molecule has 3 heteroatoms. The molecule has 0 saturated carbocycles. The van der Waals surface area contributed by atoms with E-state index in [9.17, 15) is 4.79 Å². The van der Waals surface area contributed by atoms with E-state index in [-0.39, 0.29) is 5.97 Å². The van der Waals surface area contributed by atoms with E-state index in [4.69, 9.17) is 9.47 Å². The molecule has 0 amide bonds. The van der Waals surface area contributed by atoms with Gasteiger partial charge < -0.3 is 9.47 Å². The molecule has 1 saturated heterocycles. The second-order valence-electron chi connectivity index (χ2n) is 3.07. The van der Waals surface area contributed by atoms with E-state index in [0.29, 0.717) is 18.9 Å². The monoisotopic (exact) mass is 172 g/mol. The van der Waals surface area contributed by atoms with Gasteiger partial charge in [-0.3, -0.25) is 4.79 Å². The summed E-state index contributed by atoms with van der Waals surface area (Å²) in [5.74, 6) is 0.499. The molecule has 0 spiro atoms. The van der Waals surface area contributed by atoms with E-state index in [1.807, 2.05) is 6.92 Å². The molecule has 0 radical (unpaired) electrons. The van der Waals surface area contributed by atoms with Crippen LogP contribution in [0.1, 0.15) is 26.2 Å². The Morgan fingerprint density at radius 3 is 3.08 bits per heavy atom. The van der Waals surface area contributed by atoms with Crippen molar-refractivity contribution in [2.75, 3.05) is 19.8 Å². The van der Waals surface area contributed by atoms with Gasteiger partial charge in [0.1, 0.15) is 0 Å². The van der Waals surface area contributed by atoms with Crippen molar-refractivity contribution in [2.45, 2.75) is 26.2 Å². The zero-order valence-corrected chi connectivity index (χ0v) is 7.54. The van der Waals surface area contributed by atoms with Gasteiger partial charge in [0.05, 0.1) is 6.61 Å². The molecular weight excluding hydrogens is 156 g/mol. The van der Waals surface area contributed by atoms with Crippen molar-refractivity contribution < 1.29 is 14.3 Å². The van der Waals surface area contributed by atoms with Crippen LogP contribution in [0.25, 0.3) is 0 Å². The highest BCUT2D eigenvalue weighted by Crippen LogP contribution is 2.17. The minimum Gasteiger partial charge on any atom is -0.466 e. The van der Waals surface area contributed by atoms with E-state index >= 15 is 0 Å². The normalized spacial score (nSPS) is 22.6. The van der Waals surface area contributed by atoms with Gasteiger partial charge in [0, 0.05) is 19.6 Å². The Morgan fingerprint density at radius 2 is 2.50 bits per heavy atom. The number of carbonyl (C=O) groups excluding carboxylic acids is 1. The standard InChI is InChI=1S/C9H16O3/c1-2-12-9(10)4-3-8-5-6-11-7-8/h8H,2-7H2,1H3. The topological polar surface area (TPSA) is 35.5 Å². The summed E-state index contributed by atoms with van der Waals surface area (Å²) in [4.78, 5) is 10.9. The van der Waals surface area contributed by atoms with Gasteiger partial charge in [0.2, 0.25) is 0 Å². The van der Waals surface area contributed by atoms with Gasteiger partial charge in [-0.05, 0) is 25.7 Å². The molecule has 0 aliphatic carbocycles. The lowest BCUT2D eigenvalue weighted by Crippen LogP contribution is -2.07. The summed E-state index contributed by atoms with van der Waals surface area (Å²) < 4.78 is 10.0. The van der Waals surface area contributed by atoms with Crippen molar-refractivity contribution >= 4 is 5.97 Å². The lowest BCUT2D eigenvalue weighted by molar-refractivity contribution is -0.143. The van der Waals surface area contributed by atoms with Crippen molar-refractivity contribution in [3.63, 3.8) is 0 Å². The summed E-state index contributed by atoms with van der Waals surface area (Å²) in [5, 5.41) is 0. The maximum Gasteiger partial charge on any atom is 0.305 e. The highest BCUT2D eigenvalue weighted by atomic mass is 16.5. The Morgan fingerprint density at radius 1 is 1.67 bits per heavy atom. The average molecular weight is 172 g/mol. The van der Waals surface area contributed by atoms with Crippen LogP contribution in [-0.4, -0.2) is 25.8 Å². The van der Waals surface area contributed by atoms with Gasteiger partial charge in [0.25, 0.3) is 0 Å². The summed E-state index contributed by atoms with van der Waals surface area (Å²) in [6, 6.07) is 0. The van der Waals surface area contributed by atoms with Crippen molar-refractivity contribution in [1.29, 1.82) is 0 Å². The van der Waals surface area contributed by atoms with Crippen LogP contribution in [0.2, 0.25) is 0 Å². The van der Waals surface area contributed by atoms with Gasteiger partial charge >= 0.3 is 5.97 Å². The summed E-state index contributed by atoms with van der Waals surface area (Å²) in [7, 11) is 0. The summed E-state index contributed by atoms with van der Waals surface area (Å²) in [6.45, 7) is 3.99. The Bertz CT molecular complexity index is 139. The first-order valence-electron chi connectivity index (χ1n) is 4.56. The Hall–Kier alpha value is -0.570. The molecule has 1 aliphatic heterocycles. The fraction of sp³-hybridized carbons (Fsp3) is 0.889. The summed E-state index contributed by atoms with van der Waals surface area (Å²) in [5.41, 5.74) is 0. The largest absolute Gasteiger partial charge is 0.466 e. The molecule has 0 aromatic rings. The van der Waals surface area contributed by atoms with Crippen LogP contribution < -0.4 is 0 Å². The second-order valence-corrected chi connectivity index (χ2v) is 3.07. The number of hydrogen-bond acceptors (Lipinski definition) is 3. The molecule has 1 unspecified atom stereocenters. The number of rotatable bonds is 4. The summed E-state index contributed by atoms with van der Waals surface area (Å²) >= 11 is 0. The van der Waals surface area contributed by atoms with Crippen LogP contribution in [0.4, 0.5) is 0 Å². The Labute approximate surface area is 73.0 Å². The first-order valence-corrected chi connectivity index (χ1v) is 4.56. The molecule has 0 aromatic heterocycles. The maximum atomic E-state index is 10.9. The fourth-order valence-corrected chi connectivity index (χ4v) is 1.37. The molecule has 0 bridgehead atoms. The molecule has 1 heterocycles. The van der Waals surface area contributed by atoms with E-state index in [2.05, 4.69) is 0 Å². The maximum absolute atomic E-state index is 10.9. The van der Waals surface area contributed by atoms with Crippen LogP contribution in [0.15, 0.2) is 0 Å². The number of hydrogen-bond donors (Lipinski definition) is 0. The molecule has 3 nitrogen and oxygen atoms in total. The van der Waals surface area contributed by atoms with Crippen LogP contribution in [0, 0.1) is 5.92 Å². The second kappa shape index (κ2) is 5.14. The molecule has 0 N–H and O–H groups in total. The Kier molecular flexibility index (Phi) is 4.08. The molecule has 1 fully saturated rings. The van der Waals surface area contributed by atoms with E-state index in [0.717, 1.165) is 26.1 Å². The smallest absolute Gasteiger partial charge is 0.305 e. The van der Waals surface area contributed by atoms with Gasteiger partial charge in [-0.15, -0.1) is 0 Å². The third kappa shape index (κ3) is 3.22. The third-order valence-corrected chi connectivity index (χ3v) is 2.09. The van der Waals surface area contributed by atoms with Crippen molar-refractivity contribution in [1.82, 2.24) is 0 Å². The molecule has 1 rings (SSSR count). The molecule has 12 heavy (non-hydrogen) atoms. The van der Waals surface area contributed by atoms with E-state index in [1.54, 1.807) is 0 Å². The van der Waals surface area contributed by atoms with Gasteiger partial charge in [-0.25, -0.2) is 0 Å². The highest BCUT2D eigenvalue weighted by molar-refractivity contribution is 5.69. The highest BCUT2D eigenvalue weighted by Gasteiger charge is 2.16. The van der Waals surface area contributed by atoms with E-state index in [1.165, 1.54) is 0 Å². The van der Waals surface area contributed by atoms with Crippen LogP contribution in [0.5, 0.6) is 0 Å². The fourth-order valence-electron chi connectivity index (χ4n) is 1.37. The first kappa shape index (κ1) is 9.52. The number of esters is 1. The number of carbonyl (C=O) groups is 1. The molecule has 1 aliphatic rings. The first-order chi connectivity index (χ1) is 5.83.